The Balaban J connectivity index is 2.15. The average molecular weight is 227 g/mol. The summed E-state index contributed by atoms with van der Waals surface area (Å²) in [4.78, 5) is 12.0. The molecule has 1 atom stereocenters. The minimum Gasteiger partial charge on any atom is -0.320 e. The van der Waals surface area contributed by atoms with Crippen LogP contribution in [0.5, 0.6) is 0 Å². The molecule has 1 saturated carbocycles. The van der Waals surface area contributed by atoms with Crippen LogP contribution in [0.1, 0.15) is 47.5 Å². The van der Waals surface area contributed by atoms with E-state index < -0.39 is 6.04 Å². The van der Waals surface area contributed by atoms with Gasteiger partial charge in [0, 0.05) is 12.0 Å². The first-order chi connectivity index (χ1) is 8.22. The van der Waals surface area contributed by atoms with Gasteiger partial charge in [0.25, 0.3) is 0 Å². The van der Waals surface area contributed by atoms with E-state index in [1.165, 1.54) is 24.8 Å². The normalized spacial score (nSPS) is 16.9. The number of benzene rings is 1. The van der Waals surface area contributed by atoms with Crippen LogP contribution in [0.15, 0.2) is 24.3 Å². The fourth-order valence-electron chi connectivity index (χ4n) is 2.12. The van der Waals surface area contributed by atoms with Crippen LogP contribution in [-0.4, -0.2) is 11.8 Å². The zero-order chi connectivity index (χ0) is 12.3. The van der Waals surface area contributed by atoms with Gasteiger partial charge in [-0.3, -0.25) is 4.79 Å². The molecule has 0 radical (unpaired) electrons. The van der Waals surface area contributed by atoms with E-state index in [9.17, 15) is 4.79 Å². The van der Waals surface area contributed by atoms with Crippen molar-refractivity contribution in [3.05, 3.63) is 35.4 Å². The molecule has 0 aliphatic heterocycles. The number of carbonyl (C=O) groups excluding carboxylic acids is 1. The van der Waals surface area contributed by atoms with Gasteiger partial charge in [-0.15, -0.1) is 12.3 Å². The van der Waals surface area contributed by atoms with Gasteiger partial charge in [-0.1, -0.05) is 24.6 Å². The summed E-state index contributed by atoms with van der Waals surface area (Å²) in [7, 11) is 0. The lowest BCUT2D eigenvalue weighted by atomic mass is 9.79. The highest BCUT2D eigenvalue weighted by molar-refractivity contribution is 6.00. The SMILES string of the molecule is C#CCC(N)C(=O)c1cccc(C2CCC2)c1. The molecule has 88 valence electrons. The maximum atomic E-state index is 12.0. The summed E-state index contributed by atoms with van der Waals surface area (Å²) in [5.74, 6) is 3.01. The second-order valence-corrected chi connectivity index (χ2v) is 4.63. The van der Waals surface area contributed by atoms with E-state index in [2.05, 4.69) is 12.0 Å². The van der Waals surface area contributed by atoms with Crippen LogP contribution in [0.25, 0.3) is 0 Å². The number of terminal acetylenes is 1. The summed E-state index contributed by atoms with van der Waals surface area (Å²) in [6.45, 7) is 0. The fraction of sp³-hybridized carbons (Fsp3) is 0.400. The van der Waals surface area contributed by atoms with Crippen LogP contribution < -0.4 is 5.73 Å². The Hall–Kier alpha value is -1.59. The van der Waals surface area contributed by atoms with Gasteiger partial charge < -0.3 is 5.73 Å². The monoisotopic (exact) mass is 227 g/mol. The molecular weight excluding hydrogens is 210 g/mol. The van der Waals surface area contributed by atoms with Crippen LogP contribution in [0.4, 0.5) is 0 Å². The first kappa shape index (κ1) is 11.9. The Morgan fingerprint density at radius 1 is 1.53 bits per heavy atom. The van der Waals surface area contributed by atoms with Gasteiger partial charge in [-0.25, -0.2) is 0 Å². The van der Waals surface area contributed by atoms with Crippen molar-refractivity contribution < 1.29 is 4.79 Å². The van der Waals surface area contributed by atoms with E-state index in [0.29, 0.717) is 17.9 Å². The van der Waals surface area contributed by atoms with Crippen LogP contribution in [0.2, 0.25) is 0 Å². The van der Waals surface area contributed by atoms with Crippen molar-refractivity contribution >= 4 is 5.78 Å². The molecule has 1 aliphatic rings. The van der Waals surface area contributed by atoms with Gasteiger partial charge in [0.15, 0.2) is 5.78 Å². The quantitative estimate of drug-likeness (QED) is 0.634. The van der Waals surface area contributed by atoms with E-state index in [0.717, 1.165) is 0 Å². The van der Waals surface area contributed by atoms with Crippen LogP contribution >= 0.6 is 0 Å². The second kappa shape index (κ2) is 5.16. The summed E-state index contributed by atoms with van der Waals surface area (Å²) in [6, 6.07) is 7.25. The van der Waals surface area contributed by atoms with Crippen LogP contribution in [0, 0.1) is 12.3 Å². The summed E-state index contributed by atoms with van der Waals surface area (Å²) in [5.41, 5.74) is 7.69. The minimum absolute atomic E-state index is 0.0517. The molecule has 0 amide bonds. The molecule has 2 nitrogen and oxygen atoms in total. The first-order valence-corrected chi connectivity index (χ1v) is 6.05. The Morgan fingerprint density at radius 2 is 2.29 bits per heavy atom. The third-order valence-electron chi connectivity index (χ3n) is 3.42. The molecule has 17 heavy (non-hydrogen) atoms. The lowest BCUT2D eigenvalue weighted by Gasteiger charge is -2.26. The van der Waals surface area contributed by atoms with Gasteiger partial charge >= 0.3 is 0 Å². The number of Topliss-reactive ketones (excluding diaryl/α,β-unsaturated/α-hetero) is 1. The number of nitrogens with two attached hydrogens (primary N) is 1. The van der Waals surface area contributed by atoms with E-state index >= 15 is 0 Å². The largest absolute Gasteiger partial charge is 0.320 e. The molecule has 1 unspecified atom stereocenters. The molecule has 1 aromatic carbocycles. The summed E-state index contributed by atoms with van der Waals surface area (Å²) in [6.07, 6.45) is 9.22. The van der Waals surface area contributed by atoms with Gasteiger partial charge in [0.1, 0.15) is 0 Å². The Kier molecular flexibility index (Phi) is 3.61. The Bertz CT molecular complexity index is 454. The third-order valence-corrected chi connectivity index (χ3v) is 3.42. The zero-order valence-corrected chi connectivity index (χ0v) is 9.86. The molecule has 1 aliphatic carbocycles. The molecular formula is C15H17NO. The number of rotatable bonds is 4. The van der Waals surface area contributed by atoms with Gasteiger partial charge in [0.2, 0.25) is 0 Å². The lowest BCUT2D eigenvalue weighted by molar-refractivity contribution is 0.0962. The number of carbonyl (C=O) groups is 1. The average Bonchev–Trinajstić information content (AvgIpc) is 2.26. The van der Waals surface area contributed by atoms with Crippen molar-refractivity contribution in [1.29, 1.82) is 0 Å². The molecule has 2 heteroatoms. The van der Waals surface area contributed by atoms with Crippen LogP contribution in [0.3, 0.4) is 0 Å². The molecule has 0 aromatic heterocycles. The maximum Gasteiger partial charge on any atom is 0.180 e. The Labute approximate surface area is 102 Å². The van der Waals surface area contributed by atoms with Gasteiger partial charge in [0.05, 0.1) is 6.04 Å². The standard InChI is InChI=1S/C15H17NO/c1-2-5-14(16)15(17)13-9-4-8-12(10-13)11-6-3-7-11/h1,4,8-11,14H,3,5-7,16H2. The predicted octanol–water partition coefficient (Wildman–Crippen LogP) is 2.49. The van der Waals surface area contributed by atoms with Gasteiger partial charge in [-0.05, 0) is 30.4 Å². The third kappa shape index (κ3) is 2.57. The van der Waals surface area contributed by atoms with E-state index in [-0.39, 0.29) is 5.78 Å². The Morgan fingerprint density at radius 3 is 2.88 bits per heavy atom. The van der Waals surface area contributed by atoms with Gasteiger partial charge in [-0.2, -0.15) is 0 Å². The smallest absolute Gasteiger partial charge is 0.180 e. The van der Waals surface area contributed by atoms with Crippen molar-refractivity contribution in [2.45, 2.75) is 37.6 Å². The molecule has 0 bridgehead atoms. The maximum absolute atomic E-state index is 12.0. The highest BCUT2D eigenvalue weighted by atomic mass is 16.1. The summed E-state index contributed by atoms with van der Waals surface area (Å²) in [5, 5.41) is 0. The number of hydrogen-bond donors (Lipinski definition) is 1. The van der Waals surface area contributed by atoms with Crippen molar-refractivity contribution in [2.75, 3.05) is 0 Å². The highest BCUT2D eigenvalue weighted by Crippen LogP contribution is 2.36. The van der Waals surface area contributed by atoms with E-state index in [1.54, 1.807) is 0 Å². The summed E-state index contributed by atoms with van der Waals surface area (Å²) < 4.78 is 0. The molecule has 1 aromatic rings. The fourth-order valence-corrected chi connectivity index (χ4v) is 2.12. The number of hydrogen-bond acceptors (Lipinski definition) is 2. The van der Waals surface area contributed by atoms with Crippen molar-refractivity contribution in [1.82, 2.24) is 0 Å². The molecule has 0 heterocycles. The van der Waals surface area contributed by atoms with Crippen molar-refractivity contribution in [3.63, 3.8) is 0 Å². The topological polar surface area (TPSA) is 43.1 Å². The second-order valence-electron chi connectivity index (χ2n) is 4.63. The predicted molar refractivity (Wildman–Crippen MR) is 68.8 cm³/mol. The molecule has 1 fully saturated rings. The first-order valence-electron chi connectivity index (χ1n) is 6.05. The molecule has 2 N–H and O–H groups in total. The van der Waals surface area contributed by atoms with Crippen molar-refractivity contribution in [2.24, 2.45) is 5.73 Å². The minimum atomic E-state index is -0.573. The number of ketones is 1. The molecule has 2 rings (SSSR count). The van der Waals surface area contributed by atoms with E-state index in [1.807, 2.05) is 18.2 Å². The van der Waals surface area contributed by atoms with Crippen LogP contribution in [-0.2, 0) is 0 Å². The van der Waals surface area contributed by atoms with Crippen molar-refractivity contribution in [3.8, 4) is 12.3 Å². The lowest BCUT2D eigenvalue weighted by Crippen LogP contribution is -2.30. The zero-order valence-electron chi connectivity index (χ0n) is 9.86. The highest BCUT2D eigenvalue weighted by Gasteiger charge is 2.21. The van der Waals surface area contributed by atoms with E-state index in [4.69, 9.17) is 12.2 Å². The molecule has 0 spiro atoms. The molecule has 0 saturated heterocycles. The summed E-state index contributed by atoms with van der Waals surface area (Å²) >= 11 is 0.